The molecule has 2 aromatic rings. The molecule has 0 radical (unpaired) electrons. The molecular formula is C17H16O5. The summed E-state index contributed by atoms with van der Waals surface area (Å²) in [5, 5.41) is 9.32. The first-order valence-electron chi connectivity index (χ1n) is 6.90. The van der Waals surface area contributed by atoms with Gasteiger partial charge in [0.25, 0.3) is 0 Å². The molecule has 22 heavy (non-hydrogen) atoms. The molecule has 1 unspecified atom stereocenters. The predicted molar refractivity (Wildman–Crippen MR) is 79.7 cm³/mol. The molecule has 1 N–H and O–H groups in total. The molecule has 3 rings (SSSR count). The average Bonchev–Trinajstić information content (AvgIpc) is 2.48. The number of para-hydroxylation sites is 1. The minimum Gasteiger partial charge on any atom is -0.497 e. The number of carboxylic acid groups (broad SMARTS) is 1. The highest BCUT2D eigenvalue weighted by Crippen LogP contribution is 2.35. The van der Waals surface area contributed by atoms with Gasteiger partial charge in [-0.3, -0.25) is 0 Å². The normalized spacial score (nSPS) is 16.2. The Bertz CT molecular complexity index is 723. The van der Waals surface area contributed by atoms with Crippen LogP contribution in [0, 0.1) is 6.92 Å². The Morgan fingerprint density at radius 2 is 1.95 bits per heavy atom. The first-order valence-corrected chi connectivity index (χ1v) is 6.90. The molecular weight excluding hydrogens is 284 g/mol. The van der Waals surface area contributed by atoms with E-state index in [4.69, 9.17) is 14.2 Å². The lowest BCUT2D eigenvalue weighted by atomic mass is 9.98. The van der Waals surface area contributed by atoms with Gasteiger partial charge in [0.1, 0.15) is 17.2 Å². The molecule has 0 aromatic heterocycles. The molecule has 0 aliphatic carbocycles. The second-order valence-corrected chi connectivity index (χ2v) is 5.11. The summed E-state index contributed by atoms with van der Waals surface area (Å²) in [5.41, 5.74) is 2.84. The second kappa shape index (κ2) is 5.60. The van der Waals surface area contributed by atoms with Gasteiger partial charge in [-0.2, -0.15) is 0 Å². The van der Waals surface area contributed by atoms with Crippen LogP contribution in [0.3, 0.4) is 0 Å². The third kappa shape index (κ3) is 2.57. The van der Waals surface area contributed by atoms with Crippen molar-refractivity contribution in [3.8, 4) is 17.2 Å². The zero-order chi connectivity index (χ0) is 15.7. The van der Waals surface area contributed by atoms with Crippen molar-refractivity contribution in [3.05, 3.63) is 53.1 Å². The van der Waals surface area contributed by atoms with Gasteiger partial charge in [0.2, 0.25) is 0 Å². The number of rotatable bonds is 2. The Labute approximate surface area is 128 Å². The van der Waals surface area contributed by atoms with E-state index < -0.39 is 12.3 Å². The van der Waals surface area contributed by atoms with Crippen LogP contribution in [0.15, 0.2) is 36.4 Å². The molecule has 0 bridgehead atoms. The van der Waals surface area contributed by atoms with Gasteiger partial charge >= 0.3 is 12.3 Å². The zero-order valence-corrected chi connectivity index (χ0v) is 12.3. The summed E-state index contributed by atoms with van der Waals surface area (Å²) in [5.74, 6) is 0.437. The van der Waals surface area contributed by atoms with Crippen LogP contribution in [0.25, 0.3) is 0 Å². The predicted octanol–water partition coefficient (Wildman–Crippen LogP) is 2.78. The van der Waals surface area contributed by atoms with Crippen LogP contribution in [-0.2, 0) is 11.2 Å². The SMILES string of the molecule is COc1cc(C)c2c(c1)OC(C(=O)O)Oc1ccccc1C2. The smallest absolute Gasteiger partial charge is 0.387 e. The number of fused-ring (bicyclic) bond motifs is 2. The summed E-state index contributed by atoms with van der Waals surface area (Å²) in [7, 11) is 1.56. The zero-order valence-electron chi connectivity index (χ0n) is 12.3. The van der Waals surface area contributed by atoms with Crippen molar-refractivity contribution in [2.24, 2.45) is 0 Å². The van der Waals surface area contributed by atoms with Gasteiger partial charge in [-0.05, 0) is 30.2 Å². The van der Waals surface area contributed by atoms with Crippen LogP contribution in [0.5, 0.6) is 17.2 Å². The number of ether oxygens (including phenoxy) is 3. The van der Waals surface area contributed by atoms with E-state index in [0.717, 1.165) is 16.7 Å². The number of hydrogen-bond donors (Lipinski definition) is 1. The molecule has 5 nitrogen and oxygen atoms in total. The van der Waals surface area contributed by atoms with E-state index in [-0.39, 0.29) is 0 Å². The van der Waals surface area contributed by atoms with Gasteiger partial charge in [0.05, 0.1) is 7.11 Å². The third-order valence-corrected chi connectivity index (χ3v) is 3.65. The van der Waals surface area contributed by atoms with Gasteiger partial charge in [0, 0.05) is 18.1 Å². The highest BCUT2D eigenvalue weighted by molar-refractivity contribution is 5.72. The van der Waals surface area contributed by atoms with Crippen LogP contribution in [0.1, 0.15) is 16.7 Å². The van der Waals surface area contributed by atoms with Gasteiger partial charge in [-0.1, -0.05) is 18.2 Å². The molecule has 114 valence electrons. The molecule has 5 heteroatoms. The number of methoxy groups -OCH3 is 1. The molecule has 2 aromatic carbocycles. The second-order valence-electron chi connectivity index (χ2n) is 5.11. The minimum absolute atomic E-state index is 0.471. The van der Waals surface area contributed by atoms with Gasteiger partial charge in [-0.25, -0.2) is 4.79 Å². The molecule has 0 spiro atoms. The van der Waals surface area contributed by atoms with Crippen LogP contribution >= 0.6 is 0 Å². The van der Waals surface area contributed by atoms with Crippen LogP contribution in [0.4, 0.5) is 0 Å². The van der Waals surface area contributed by atoms with Gasteiger partial charge < -0.3 is 19.3 Å². The van der Waals surface area contributed by atoms with Crippen molar-refractivity contribution >= 4 is 5.97 Å². The van der Waals surface area contributed by atoms with Crippen molar-refractivity contribution in [2.45, 2.75) is 19.6 Å². The summed E-state index contributed by atoms with van der Waals surface area (Å²) in [4.78, 5) is 11.4. The van der Waals surface area contributed by atoms with Gasteiger partial charge in [-0.15, -0.1) is 0 Å². The van der Waals surface area contributed by atoms with Crippen LogP contribution in [0.2, 0.25) is 0 Å². The molecule has 0 saturated heterocycles. The summed E-state index contributed by atoms with van der Waals surface area (Å²) >= 11 is 0. The van der Waals surface area contributed by atoms with Crippen LogP contribution in [-0.4, -0.2) is 24.5 Å². The third-order valence-electron chi connectivity index (χ3n) is 3.65. The Morgan fingerprint density at radius 3 is 2.68 bits per heavy atom. The monoisotopic (exact) mass is 300 g/mol. The van der Waals surface area contributed by atoms with Crippen molar-refractivity contribution in [3.63, 3.8) is 0 Å². The highest BCUT2D eigenvalue weighted by atomic mass is 16.7. The largest absolute Gasteiger partial charge is 0.497 e. The van der Waals surface area contributed by atoms with Gasteiger partial charge in [0.15, 0.2) is 0 Å². The lowest BCUT2D eigenvalue weighted by molar-refractivity contribution is -0.158. The van der Waals surface area contributed by atoms with E-state index in [1.807, 2.05) is 25.1 Å². The molecule has 1 aliphatic rings. The number of aryl methyl sites for hydroxylation is 1. The van der Waals surface area contributed by atoms with Crippen LogP contribution < -0.4 is 14.2 Å². The Kier molecular flexibility index (Phi) is 3.63. The lowest BCUT2D eigenvalue weighted by Crippen LogP contribution is -2.34. The van der Waals surface area contributed by atoms with Crippen molar-refractivity contribution in [1.82, 2.24) is 0 Å². The summed E-state index contributed by atoms with van der Waals surface area (Å²) in [6, 6.07) is 11.0. The fourth-order valence-electron chi connectivity index (χ4n) is 2.51. The van der Waals surface area contributed by atoms with E-state index in [1.54, 1.807) is 25.3 Å². The Morgan fingerprint density at radius 1 is 1.23 bits per heavy atom. The summed E-state index contributed by atoms with van der Waals surface area (Å²) < 4.78 is 16.3. The maximum Gasteiger partial charge on any atom is 0.387 e. The molecule has 1 atom stereocenters. The molecule has 1 aliphatic heterocycles. The number of carbonyl (C=O) groups is 1. The van der Waals surface area contributed by atoms with E-state index in [2.05, 4.69) is 0 Å². The van der Waals surface area contributed by atoms with Crippen molar-refractivity contribution < 1.29 is 24.1 Å². The molecule has 0 fully saturated rings. The van der Waals surface area contributed by atoms with E-state index in [9.17, 15) is 9.90 Å². The minimum atomic E-state index is -1.40. The quantitative estimate of drug-likeness (QED) is 0.924. The number of carboxylic acids is 1. The van der Waals surface area contributed by atoms with E-state index in [1.165, 1.54) is 0 Å². The summed E-state index contributed by atoms with van der Waals surface area (Å²) in [6.45, 7) is 1.95. The molecule has 0 saturated carbocycles. The molecule has 1 heterocycles. The fourth-order valence-corrected chi connectivity index (χ4v) is 2.51. The van der Waals surface area contributed by atoms with Crippen molar-refractivity contribution in [1.29, 1.82) is 0 Å². The van der Waals surface area contributed by atoms with Crippen molar-refractivity contribution in [2.75, 3.05) is 7.11 Å². The number of benzene rings is 2. The average molecular weight is 300 g/mol. The molecule has 0 amide bonds. The maximum absolute atomic E-state index is 11.4. The van der Waals surface area contributed by atoms with E-state index >= 15 is 0 Å². The number of hydrogen-bond acceptors (Lipinski definition) is 4. The topological polar surface area (TPSA) is 65.0 Å². The first-order chi connectivity index (χ1) is 10.6. The summed E-state index contributed by atoms with van der Waals surface area (Å²) in [6.07, 6.45) is -0.792. The highest BCUT2D eigenvalue weighted by Gasteiger charge is 2.27. The standard InChI is InChI=1S/C17H16O5/c1-10-7-12(20-2)9-15-13(10)8-11-5-3-4-6-14(11)21-17(22-15)16(18)19/h3-7,9,17H,8H2,1-2H3,(H,18,19). The lowest BCUT2D eigenvalue weighted by Gasteiger charge is -2.25. The number of aliphatic carboxylic acids is 1. The fraction of sp³-hybridized carbons (Fsp3) is 0.235. The first kappa shape index (κ1) is 14.3. The maximum atomic E-state index is 11.4. The Balaban J connectivity index is 2.15. The van der Waals surface area contributed by atoms with E-state index in [0.29, 0.717) is 23.7 Å². The Hall–Kier alpha value is -2.69.